The second-order valence-electron chi connectivity index (χ2n) is 6.51. The number of hydrogen-bond acceptors (Lipinski definition) is 4. The van der Waals surface area contributed by atoms with Crippen molar-refractivity contribution in [1.29, 1.82) is 0 Å². The van der Waals surface area contributed by atoms with Crippen LogP contribution in [0.15, 0.2) is 18.2 Å². The third kappa shape index (κ3) is 3.10. The summed E-state index contributed by atoms with van der Waals surface area (Å²) in [7, 11) is 4.30. The van der Waals surface area contributed by atoms with Crippen molar-refractivity contribution in [3.05, 3.63) is 23.8 Å². The van der Waals surface area contributed by atoms with E-state index >= 15 is 0 Å². The van der Waals surface area contributed by atoms with Crippen molar-refractivity contribution in [2.24, 2.45) is 0 Å². The Labute approximate surface area is 133 Å². The lowest BCUT2D eigenvalue weighted by atomic mass is 10.1. The summed E-state index contributed by atoms with van der Waals surface area (Å²) in [5.41, 5.74) is 3.62. The van der Waals surface area contributed by atoms with Crippen molar-refractivity contribution in [1.82, 2.24) is 9.80 Å². The molecular formula is C17H26N4O. The molecule has 1 aromatic rings. The molecule has 3 rings (SSSR count). The van der Waals surface area contributed by atoms with Crippen LogP contribution in [0.4, 0.5) is 11.4 Å². The Morgan fingerprint density at radius 3 is 2.32 bits per heavy atom. The van der Waals surface area contributed by atoms with Crippen LogP contribution in [0, 0.1) is 0 Å². The first-order valence-electron chi connectivity index (χ1n) is 8.07. The molecule has 0 atom stereocenters. The summed E-state index contributed by atoms with van der Waals surface area (Å²) in [6, 6.07) is 6.58. The Morgan fingerprint density at radius 2 is 1.64 bits per heavy atom. The average molecular weight is 302 g/mol. The number of amides is 1. The fourth-order valence-electron chi connectivity index (χ4n) is 3.31. The van der Waals surface area contributed by atoms with Crippen molar-refractivity contribution in [3.63, 3.8) is 0 Å². The van der Waals surface area contributed by atoms with Gasteiger partial charge in [0.2, 0.25) is 5.91 Å². The molecule has 1 fully saturated rings. The van der Waals surface area contributed by atoms with Crippen LogP contribution in [-0.2, 0) is 11.3 Å². The second kappa shape index (κ2) is 6.26. The smallest absolute Gasteiger partial charge is 0.223 e. The van der Waals surface area contributed by atoms with E-state index in [4.69, 9.17) is 0 Å². The molecule has 2 heterocycles. The van der Waals surface area contributed by atoms with Gasteiger partial charge in [-0.1, -0.05) is 0 Å². The van der Waals surface area contributed by atoms with E-state index in [1.807, 2.05) is 4.90 Å². The van der Waals surface area contributed by atoms with E-state index in [-0.39, 0.29) is 5.91 Å². The van der Waals surface area contributed by atoms with E-state index in [0.29, 0.717) is 0 Å². The third-order valence-electron chi connectivity index (χ3n) is 4.75. The van der Waals surface area contributed by atoms with Gasteiger partial charge >= 0.3 is 0 Å². The summed E-state index contributed by atoms with van der Waals surface area (Å²) < 4.78 is 0. The van der Waals surface area contributed by atoms with E-state index in [1.54, 1.807) is 6.92 Å². The third-order valence-corrected chi connectivity index (χ3v) is 4.75. The average Bonchev–Trinajstić information content (AvgIpc) is 2.65. The van der Waals surface area contributed by atoms with Gasteiger partial charge in [0.15, 0.2) is 0 Å². The van der Waals surface area contributed by atoms with Crippen LogP contribution in [0.3, 0.4) is 0 Å². The summed E-state index contributed by atoms with van der Waals surface area (Å²) in [4.78, 5) is 20.9. The number of fused-ring (bicyclic) bond motifs is 1. The van der Waals surface area contributed by atoms with Crippen LogP contribution < -0.4 is 9.80 Å². The van der Waals surface area contributed by atoms with E-state index in [2.05, 4.69) is 47.0 Å². The topological polar surface area (TPSA) is 30.0 Å². The van der Waals surface area contributed by atoms with Crippen molar-refractivity contribution >= 4 is 17.3 Å². The Morgan fingerprint density at radius 1 is 0.955 bits per heavy atom. The molecular weight excluding hydrogens is 276 g/mol. The van der Waals surface area contributed by atoms with E-state index in [0.717, 1.165) is 51.5 Å². The number of carbonyl (C=O) groups excluding carboxylic acids is 1. The quantitative estimate of drug-likeness (QED) is 0.781. The number of anilines is 2. The highest BCUT2D eigenvalue weighted by Crippen LogP contribution is 2.29. The maximum atomic E-state index is 11.9. The number of benzene rings is 1. The molecule has 120 valence electrons. The van der Waals surface area contributed by atoms with Gasteiger partial charge in [-0.25, -0.2) is 0 Å². The summed E-state index contributed by atoms with van der Waals surface area (Å²) in [5.74, 6) is 0.129. The van der Waals surface area contributed by atoms with Gasteiger partial charge in [-0.3, -0.25) is 4.79 Å². The van der Waals surface area contributed by atoms with Crippen LogP contribution >= 0.6 is 0 Å². The zero-order chi connectivity index (χ0) is 15.7. The minimum atomic E-state index is 0.129. The van der Waals surface area contributed by atoms with Crippen LogP contribution in [0.5, 0.6) is 0 Å². The Hall–Kier alpha value is -1.59. The number of nitrogens with zero attached hydrogens (tertiary/aromatic N) is 4. The van der Waals surface area contributed by atoms with Gasteiger partial charge in [-0.15, -0.1) is 0 Å². The predicted molar refractivity (Wildman–Crippen MR) is 90.5 cm³/mol. The Kier molecular flexibility index (Phi) is 4.36. The molecule has 0 N–H and O–H groups in total. The molecule has 5 nitrogen and oxygen atoms in total. The summed E-state index contributed by atoms with van der Waals surface area (Å²) in [6.07, 6.45) is 0. The number of rotatable bonds is 1. The molecule has 0 radical (unpaired) electrons. The fourth-order valence-corrected chi connectivity index (χ4v) is 3.31. The van der Waals surface area contributed by atoms with E-state index in [1.165, 1.54) is 11.3 Å². The van der Waals surface area contributed by atoms with Gasteiger partial charge in [0, 0.05) is 64.1 Å². The highest BCUT2D eigenvalue weighted by molar-refractivity contribution is 5.92. The zero-order valence-electron chi connectivity index (χ0n) is 13.9. The predicted octanol–water partition coefficient (Wildman–Crippen LogP) is 1.24. The van der Waals surface area contributed by atoms with Crippen LogP contribution in [-0.4, -0.2) is 69.1 Å². The highest BCUT2D eigenvalue weighted by atomic mass is 16.2. The van der Waals surface area contributed by atoms with E-state index < -0.39 is 0 Å². The molecule has 0 bridgehead atoms. The maximum Gasteiger partial charge on any atom is 0.223 e. The van der Waals surface area contributed by atoms with Gasteiger partial charge in [0.25, 0.3) is 0 Å². The SMILES string of the molecule is CC(=O)N1CCN(C)Cc2cc(N3CCN(C)CC3)ccc21. The first kappa shape index (κ1) is 15.3. The molecule has 0 aliphatic carbocycles. The minimum Gasteiger partial charge on any atom is -0.369 e. The molecule has 2 aliphatic rings. The molecule has 1 saturated heterocycles. The lowest BCUT2D eigenvalue weighted by Crippen LogP contribution is -2.44. The number of likely N-dealkylation sites (N-methyl/N-ethyl adjacent to an activating group) is 2. The van der Waals surface area contributed by atoms with E-state index in [9.17, 15) is 4.79 Å². The fraction of sp³-hybridized carbons (Fsp3) is 0.588. The molecule has 0 spiro atoms. The molecule has 22 heavy (non-hydrogen) atoms. The molecule has 0 aromatic heterocycles. The highest BCUT2D eigenvalue weighted by Gasteiger charge is 2.22. The van der Waals surface area contributed by atoms with Crippen LogP contribution in [0.2, 0.25) is 0 Å². The molecule has 0 saturated carbocycles. The van der Waals surface area contributed by atoms with Gasteiger partial charge in [-0.05, 0) is 37.9 Å². The standard InChI is InChI=1S/C17H26N4O/c1-14(22)21-11-8-19(3)13-15-12-16(4-5-17(15)21)20-9-6-18(2)7-10-20/h4-5,12H,6-11,13H2,1-3H3. The van der Waals surface area contributed by atoms with Crippen molar-refractivity contribution in [3.8, 4) is 0 Å². The second-order valence-corrected chi connectivity index (χ2v) is 6.51. The van der Waals surface area contributed by atoms with Gasteiger partial charge in [0.05, 0.1) is 0 Å². The minimum absolute atomic E-state index is 0.129. The normalized spacial score (nSPS) is 20.7. The molecule has 0 unspecified atom stereocenters. The number of hydrogen-bond donors (Lipinski definition) is 0. The van der Waals surface area contributed by atoms with Gasteiger partial charge in [-0.2, -0.15) is 0 Å². The summed E-state index contributed by atoms with van der Waals surface area (Å²) in [6.45, 7) is 8.60. The zero-order valence-corrected chi connectivity index (χ0v) is 13.9. The Balaban J connectivity index is 1.89. The molecule has 2 aliphatic heterocycles. The first-order chi connectivity index (χ1) is 10.5. The largest absolute Gasteiger partial charge is 0.369 e. The summed E-state index contributed by atoms with van der Waals surface area (Å²) >= 11 is 0. The number of piperazine rings is 1. The summed E-state index contributed by atoms with van der Waals surface area (Å²) in [5, 5.41) is 0. The molecule has 1 amide bonds. The molecule has 1 aromatic carbocycles. The van der Waals surface area contributed by atoms with Crippen LogP contribution in [0.1, 0.15) is 12.5 Å². The van der Waals surface area contributed by atoms with Crippen molar-refractivity contribution in [2.75, 3.05) is 63.2 Å². The van der Waals surface area contributed by atoms with Crippen molar-refractivity contribution in [2.45, 2.75) is 13.5 Å². The van der Waals surface area contributed by atoms with Gasteiger partial charge < -0.3 is 19.6 Å². The maximum absolute atomic E-state index is 11.9. The number of carbonyl (C=O) groups is 1. The lowest BCUT2D eigenvalue weighted by Gasteiger charge is -2.34. The van der Waals surface area contributed by atoms with Crippen LogP contribution in [0.25, 0.3) is 0 Å². The van der Waals surface area contributed by atoms with Gasteiger partial charge in [0.1, 0.15) is 0 Å². The Bertz CT molecular complexity index is 552. The van der Waals surface area contributed by atoms with Crippen molar-refractivity contribution < 1.29 is 4.79 Å². The monoisotopic (exact) mass is 302 g/mol. The lowest BCUT2D eigenvalue weighted by molar-refractivity contribution is -0.116. The molecule has 5 heteroatoms. The first-order valence-corrected chi connectivity index (χ1v) is 8.07.